The molecule has 22 heavy (non-hydrogen) atoms. The van der Waals surface area contributed by atoms with Crippen molar-refractivity contribution in [2.24, 2.45) is 7.05 Å². The van der Waals surface area contributed by atoms with Gasteiger partial charge >= 0.3 is 0 Å². The average molecular weight is 294 g/mol. The predicted molar refractivity (Wildman–Crippen MR) is 84.5 cm³/mol. The second kappa shape index (κ2) is 6.30. The van der Waals surface area contributed by atoms with Crippen LogP contribution in [0.2, 0.25) is 0 Å². The molecule has 0 saturated carbocycles. The molecule has 0 radical (unpaired) electrons. The Balaban J connectivity index is 1.59. The van der Waals surface area contributed by atoms with Crippen LogP contribution in [-0.4, -0.2) is 20.3 Å². The minimum absolute atomic E-state index is 0.0238. The molecule has 3 aromatic rings. The highest BCUT2D eigenvalue weighted by molar-refractivity contribution is 5.78. The normalized spacial score (nSPS) is 10.6. The van der Waals surface area contributed by atoms with E-state index in [2.05, 4.69) is 10.4 Å². The Labute approximate surface area is 129 Å². The number of carbonyl (C=O) groups is 1. The Bertz CT molecular complexity index is 759. The lowest BCUT2D eigenvalue weighted by Crippen LogP contribution is -2.24. The molecular formula is C17H18N4O. The summed E-state index contributed by atoms with van der Waals surface area (Å²) in [6.45, 7) is 0.515. The average Bonchev–Trinajstić information content (AvgIpc) is 3.17. The van der Waals surface area contributed by atoms with Crippen molar-refractivity contribution in [1.82, 2.24) is 19.7 Å². The van der Waals surface area contributed by atoms with Gasteiger partial charge in [-0.15, -0.1) is 0 Å². The molecule has 2 aromatic heterocycles. The number of aromatic nitrogens is 3. The summed E-state index contributed by atoms with van der Waals surface area (Å²) in [5.74, 6) is 0.0238. The summed E-state index contributed by atoms with van der Waals surface area (Å²) < 4.78 is 3.74. The van der Waals surface area contributed by atoms with Crippen LogP contribution in [-0.2, 0) is 24.8 Å². The zero-order chi connectivity index (χ0) is 15.4. The Kier molecular flexibility index (Phi) is 4.05. The molecule has 0 aliphatic rings. The van der Waals surface area contributed by atoms with E-state index in [4.69, 9.17) is 0 Å². The lowest BCUT2D eigenvalue weighted by atomic mass is 10.2. The molecule has 0 spiro atoms. The molecule has 0 aliphatic heterocycles. The molecule has 0 bridgehead atoms. The van der Waals surface area contributed by atoms with Gasteiger partial charge in [-0.3, -0.25) is 4.79 Å². The molecule has 0 atom stereocenters. The van der Waals surface area contributed by atoms with E-state index < -0.39 is 0 Å². The minimum Gasteiger partial charge on any atom is -0.357 e. The van der Waals surface area contributed by atoms with Crippen LogP contribution in [0.15, 0.2) is 61.2 Å². The number of hydrogen-bond donors (Lipinski definition) is 1. The smallest absolute Gasteiger partial charge is 0.224 e. The highest BCUT2D eigenvalue weighted by Crippen LogP contribution is 2.09. The first kappa shape index (κ1) is 14.1. The zero-order valence-corrected chi connectivity index (χ0v) is 12.4. The summed E-state index contributed by atoms with van der Waals surface area (Å²) in [4.78, 5) is 12.0. The molecule has 0 fully saturated rings. The van der Waals surface area contributed by atoms with E-state index in [1.54, 1.807) is 10.9 Å². The van der Waals surface area contributed by atoms with E-state index in [-0.39, 0.29) is 5.91 Å². The Morgan fingerprint density at radius 3 is 2.82 bits per heavy atom. The van der Waals surface area contributed by atoms with Gasteiger partial charge in [-0.1, -0.05) is 12.1 Å². The first-order valence-corrected chi connectivity index (χ1v) is 7.17. The van der Waals surface area contributed by atoms with Crippen LogP contribution in [0.3, 0.4) is 0 Å². The first-order chi connectivity index (χ1) is 10.7. The quantitative estimate of drug-likeness (QED) is 0.783. The maximum absolute atomic E-state index is 12.0. The molecular weight excluding hydrogens is 276 g/mol. The van der Waals surface area contributed by atoms with Crippen LogP contribution in [0.4, 0.5) is 0 Å². The van der Waals surface area contributed by atoms with Gasteiger partial charge in [-0.2, -0.15) is 5.10 Å². The summed E-state index contributed by atoms with van der Waals surface area (Å²) in [7, 11) is 1.95. The van der Waals surface area contributed by atoms with Gasteiger partial charge in [0, 0.05) is 38.4 Å². The van der Waals surface area contributed by atoms with E-state index in [1.807, 2.05) is 66.6 Å². The molecule has 3 rings (SSSR count). The van der Waals surface area contributed by atoms with E-state index >= 15 is 0 Å². The Morgan fingerprint density at radius 2 is 2.09 bits per heavy atom. The number of benzene rings is 1. The van der Waals surface area contributed by atoms with Gasteiger partial charge in [-0.05, 0) is 35.4 Å². The highest BCUT2D eigenvalue weighted by atomic mass is 16.1. The Morgan fingerprint density at radius 1 is 1.18 bits per heavy atom. The van der Waals surface area contributed by atoms with E-state index in [0.29, 0.717) is 13.0 Å². The van der Waals surface area contributed by atoms with Gasteiger partial charge in [0.25, 0.3) is 0 Å². The van der Waals surface area contributed by atoms with Crippen molar-refractivity contribution in [3.63, 3.8) is 0 Å². The maximum Gasteiger partial charge on any atom is 0.224 e. The molecule has 0 unspecified atom stereocenters. The molecule has 5 heteroatoms. The number of carbonyl (C=O) groups excluding carboxylic acids is 1. The van der Waals surface area contributed by atoms with Crippen LogP contribution in [0.5, 0.6) is 0 Å². The van der Waals surface area contributed by atoms with Gasteiger partial charge in [0.15, 0.2) is 0 Å². The largest absolute Gasteiger partial charge is 0.357 e. The Hall–Kier alpha value is -2.82. The molecule has 0 aliphatic carbocycles. The molecule has 1 aromatic carbocycles. The topological polar surface area (TPSA) is 51.9 Å². The van der Waals surface area contributed by atoms with Gasteiger partial charge in [0.05, 0.1) is 12.1 Å². The number of aryl methyl sites for hydroxylation is 1. The lowest BCUT2D eigenvalue weighted by Gasteiger charge is -2.07. The third-order valence-corrected chi connectivity index (χ3v) is 3.43. The van der Waals surface area contributed by atoms with Crippen molar-refractivity contribution >= 4 is 5.91 Å². The van der Waals surface area contributed by atoms with Gasteiger partial charge < -0.3 is 9.88 Å². The standard InChI is InChI=1S/C17H18N4O/c1-20-9-6-15(13-20)11-17(22)18-12-14-4-2-5-16(10-14)21-8-3-7-19-21/h2-10,13H,11-12H2,1H3,(H,18,22). The molecule has 1 N–H and O–H groups in total. The summed E-state index contributed by atoms with van der Waals surface area (Å²) in [5, 5.41) is 7.16. The van der Waals surface area contributed by atoms with Crippen molar-refractivity contribution < 1.29 is 4.79 Å². The summed E-state index contributed by atoms with van der Waals surface area (Å²) in [5.41, 5.74) is 3.06. The summed E-state index contributed by atoms with van der Waals surface area (Å²) >= 11 is 0. The number of rotatable bonds is 5. The minimum atomic E-state index is 0.0238. The van der Waals surface area contributed by atoms with Crippen molar-refractivity contribution in [1.29, 1.82) is 0 Å². The lowest BCUT2D eigenvalue weighted by molar-refractivity contribution is -0.120. The molecule has 112 valence electrons. The van der Waals surface area contributed by atoms with Crippen molar-refractivity contribution in [2.75, 3.05) is 0 Å². The second-order valence-electron chi connectivity index (χ2n) is 5.26. The van der Waals surface area contributed by atoms with Crippen LogP contribution < -0.4 is 5.32 Å². The molecule has 1 amide bonds. The second-order valence-corrected chi connectivity index (χ2v) is 5.26. The number of amides is 1. The van der Waals surface area contributed by atoms with Crippen LogP contribution in [0.25, 0.3) is 5.69 Å². The van der Waals surface area contributed by atoms with Crippen molar-refractivity contribution in [3.8, 4) is 5.69 Å². The fraction of sp³-hybridized carbons (Fsp3) is 0.176. The third-order valence-electron chi connectivity index (χ3n) is 3.43. The SMILES string of the molecule is Cn1ccc(CC(=O)NCc2cccc(-n3cccn3)c2)c1. The number of nitrogens with zero attached hydrogens (tertiary/aromatic N) is 3. The molecule has 5 nitrogen and oxygen atoms in total. The van der Waals surface area contributed by atoms with Gasteiger partial charge in [0.1, 0.15) is 0 Å². The van der Waals surface area contributed by atoms with Gasteiger partial charge in [0.2, 0.25) is 5.91 Å². The van der Waals surface area contributed by atoms with E-state index in [1.165, 1.54) is 0 Å². The summed E-state index contributed by atoms with van der Waals surface area (Å²) in [6, 6.07) is 11.8. The van der Waals surface area contributed by atoms with Crippen molar-refractivity contribution in [3.05, 3.63) is 72.3 Å². The van der Waals surface area contributed by atoms with Crippen LogP contribution in [0.1, 0.15) is 11.1 Å². The van der Waals surface area contributed by atoms with Crippen LogP contribution >= 0.6 is 0 Å². The van der Waals surface area contributed by atoms with Crippen LogP contribution in [0, 0.1) is 0 Å². The monoisotopic (exact) mass is 294 g/mol. The first-order valence-electron chi connectivity index (χ1n) is 7.17. The molecule has 0 saturated heterocycles. The van der Waals surface area contributed by atoms with Gasteiger partial charge in [-0.25, -0.2) is 4.68 Å². The van der Waals surface area contributed by atoms with E-state index in [9.17, 15) is 4.79 Å². The highest BCUT2D eigenvalue weighted by Gasteiger charge is 2.05. The fourth-order valence-corrected chi connectivity index (χ4v) is 2.34. The van der Waals surface area contributed by atoms with Crippen molar-refractivity contribution in [2.45, 2.75) is 13.0 Å². The third kappa shape index (κ3) is 3.44. The zero-order valence-electron chi connectivity index (χ0n) is 12.4. The number of nitrogens with one attached hydrogen (secondary N) is 1. The summed E-state index contributed by atoms with van der Waals surface area (Å²) in [6.07, 6.45) is 7.94. The predicted octanol–water partition coefficient (Wildman–Crippen LogP) is 2.07. The van der Waals surface area contributed by atoms with E-state index in [0.717, 1.165) is 16.8 Å². The fourth-order valence-electron chi connectivity index (χ4n) is 2.34. The molecule has 2 heterocycles. The number of hydrogen-bond acceptors (Lipinski definition) is 2. The maximum atomic E-state index is 12.0.